The maximum absolute atomic E-state index is 13.0. The fraction of sp³-hybridized carbons (Fsp3) is 0.409. The average Bonchev–Trinajstić information content (AvgIpc) is 3.27. The molecule has 0 saturated carbocycles. The van der Waals surface area contributed by atoms with Crippen molar-refractivity contribution in [2.45, 2.75) is 53.1 Å². The van der Waals surface area contributed by atoms with Crippen LogP contribution in [-0.2, 0) is 11.3 Å². The van der Waals surface area contributed by atoms with Crippen LogP contribution in [0.3, 0.4) is 0 Å². The van der Waals surface area contributed by atoms with Gasteiger partial charge in [-0.05, 0) is 44.5 Å². The van der Waals surface area contributed by atoms with Crippen molar-refractivity contribution < 1.29 is 4.79 Å². The molecular formula is C22H29N5O. The normalized spacial score (nSPS) is 12.4. The number of imidazole rings is 1. The minimum Gasteiger partial charge on any atom is -0.340 e. The van der Waals surface area contributed by atoms with Gasteiger partial charge in [0.15, 0.2) is 0 Å². The van der Waals surface area contributed by atoms with Crippen molar-refractivity contribution in [3.63, 3.8) is 0 Å². The van der Waals surface area contributed by atoms with Gasteiger partial charge >= 0.3 is 0 Å². The third-order valence-electron chi connectivity index (χ3n) is 4.95. The lowest BCUT2D eigenvalue weighted by molar-refractivity contribution is -0.133. The Bertz CT molecular complexity index is 969. The molecule has 0 fully saturated rings. The summed E-state index contributed by atoms with van der Waals surface area (Å²) in [5.74, 6) is 1.27. The first-order valence-electron chi connectivity index (χ1n) is 9.68. The first kappa shape index (κ1) is 19.9. The summed E-state index contributed by atoms with van der Waals surface area (Å²) < 4.78 is 3.90. The highest BCUT2D eigenvalue weighted by Crippen LogP contribution is 2.20. The molecular weight excluding hydrogens is 350 g/mol. The van der Waals surface area contributed by atoms with Crippen LogP contribution >= 0.6 is 0 Å². The van der Waals surface area contributed by atoms with Crippen LogP contribution in [0.15, 0.2) is 42.7 Å². The summed E-state index contributed by atoms with van der Waals surface area (Å²) >= 11 is 0. The number of benzene rings is 1. The molecule has 2 aromatic heterocycles. The second-order valence-corrected chi connectivity index (χ2v) is 7.73. The van der Waals surface area contributed by atoms with Crippen molar-refractivity contribution in [2.75, 3.05) is 7.05 Å². The van der Waals surface area contributed by atoms with E-state index in [4.69, 9.17) is 0 Å². The Morgan fingerprint density at radius 2 is 1.93 bits per heavy atom. The number of likely N-dealkylation sites (N-methyl/N-ethyl adjacent to an activating group) is 1. The number of carbonyl (C=O) groups is 1. The lowest BCUT2D eigenvalue weighted by Crippen LogP contribution is -2.33. The van der Waals surface area contributed by atoms with E-state index in [-0.39, 0.29) is 17.9 Å². The van der Waals surface area contributed by atoms with Gasteiger partial charge < -0.3 is 9.47 Å². The van der Waals surface area contributed by atoms with Crippen molar-refractivity contribution in [2.24, 2.45) is 0 Å². The smallest absolute Gasteiger partial charge is 0.245 e. The van der Waals surface area contributed by atoms with E-state index in [1.165, 1.54) is 0 Å². The number of amides is 1. The van der Waals surface area contributed by atoms with Gasteiger partial charge in [-0.1, -0.05) is 26.0 Å². The first-order chi connectivity index (χ1) is 13.3. The molecule has 0 aliphatic carbocycles. The van der Waals surface area contributed by atoms with Crippen LogP contribution in [0, 0.1) is 13.8 Å². The minimum absolute atomic E-state index is 0.0661. The van der Waals surface area contributed by atoms with Crippen LogP contribution in [0.5, 0.6) is 0 Å². The minimum atomic E-state index is -0.288. The van der Waals surface area contributed by atoms with E-state index in [2.05, 4.69) is 36.1 Å². The molecule has 3 aromatic rings. The summed E-state index contributed by atoms with van der Waals surface area (Å²) in [6.45, 7) is 10.7. The molecule has 3 rings (SSSR count). The van der Waals surface area contributed by atoms with E-state index in [1.807, 2.05) is 61.5 Å². The van der Waals surface area contributed by atoms with Crippen molar-refractivity contribution in [3.8, 4) is 5.69 Å². The number of aryl methyl sites for hydroxylation is 2. The summed E-state index contributed by atoms with van der Waals surface area (Å²) in [7, 11) is 1.85. The third-order valence-corrected chi connectivity index (χ3v) is 4.95. The van der Waals surface area contributed by atoms with Crippen LogP contribution in [0.4, 0.5) is 0 Å². The van der Waals surface area contributed by atoms with Gasteiger partial charge in [-0.15, -0.1) is 0 Å². The largest absolute Gasteiger partial charge is 0.340 e. The molecule has 28 heavy (non-hydrogen) atoms. The van der Waals surface area contributed by atoms with Crippen LogP contribution < -0.4 is 0 Å². The van der Waals surface area contributed by atoms with E-state index in [0.717, 1.165) is 28.5 Å². The molecule has 0 radical (unpaired) electrons. The second kappa shape index (κ2) is 8.00. The Hall–Kier alpha value is -2.89. The van der Waals surface area contributed by atoms with E-state index >= 15 is 0 Å². The molecule has 0 saturated heterocycles. The van der Waals surface area contributed by atoms with Gasteiger partial charge in [0.25, 0.3) is 0 Å². The molecule has 0 bridgehead atoms. The van der Waals surface area contributed by atoms with Gasteiger partial charge in [-0.2, -0.15) is 5.10 Å². The fourth-order valence-corrected chi connectivity index (χ4v) is 3.57. The molecule has 1 amide bonds. The third kappa shape index (κ3) is 4.01. The summed E-state index contributed by atoms with van der Waals surface area (Å²) in [6.07, 6.45) is 3.65. The molecule has 0 spiro atoms. The number of carbonyl (C=O) groups excluding carboxylic acids is 1. The molecule has 2 heterocycles. The Kier molecular flexibility index (Phi) is 5.68. The van der Waals surface area contributed by atoms with E-state index in [9.17, 15) is 4.79 Å². The Balaban J connectivity index is 1.76. The molecule has 0 unspecified atom stereocenters. The number of rotatable bonds is 6. The van der Waals surface area contributed by atoms with Gasteiger partial charge in [0, 0.05) is 37.6 Å². The molecule has 0 aliphatic rings. The quantitative estimate of drug-likeness (QED) is 0.650. The predicted molar refractivity (Wildman–Crippen MR) is 111 cm³/mol. The molecule has 1 atom stereocenters. The van der Waals surface area contributed by atoms with Gasteiger partial charge in [0.05, 0.1) is 11.4 Å². The molecule has 6 nitrogen and oxygen atoms in total. The van der Waals surface area contributed by atoms with Gasteiger partial charge in [-0.25, -0.2) is 9.67 Å². The highest BCUT2D eigenvalue weighted by Gasteiger charge is 2.22. The Morgan fingerprint density at radius 1 is 1.18 bits per heavy atom. The van der Waals surface area contributed by atoms with Crippen LogP contribution in [0.1, 0.15) is 55.5 Å². The summed E-state index contributed by atoms with van der Waals surface area (Å²) in [6, 6.07) is 9.94. The molecule has 0 N–H and O–H groups in total. The number of hydrogen-bond acceptors (Lipinski definition) is 3. The lowest BCUT2D eigenvalue weighted by atomic mass is 10.1. The molecule has 6 heteroatoms. The zero-order chi connectivity index (χ0) is 20.4. The molecule has 1 aromatic carbocycles. The van der Waals surface area contributed by atoms with E-state index in [0.29, 0.717) is 6.54 Å². The molecule has 0 aliphatic heterocycles. The van der Waals surface area contributed by atoms with Crippen molar-refractivity contribution in [3.05, 3.63) is 65.5 Å². The van der Waals surface area contributed by atoms with E-state index in [1.54, 1.807) is 11.1 Å². The van der Waals surface area contributed by atoms with Crippen LogP contribution in [0.2, 0.25) is 0 Å². The second-order valence-electron chi connectivity index (χ2n) is 7.73. The van der Waals surface area contributed by atoms with Crippen LogP contribution in [-0.4, -0.2) is 37.2 Å². The number of aromatic nitrogens is 4. The predicted octanol–water partition coefficient (Wildman–Crippen LogP) is 4.03. The average molecular weight is 380 g/mol. The van der Waals surface area contributed by atoms with Crippen molar-refractivity contribution >= 4 is 5.91 Å². The van der Waals surface area contributed by atoms with E-state index < -0.39 is 0 Å². The van der Waals surface area contributed by atoms with Crippen molar-refractivity contribution in [1.82, 2.24) is 24.2 Å². The fourth-order valence-electron chi connectivity index (χ4n) is 3.57. The Labute approximate surface area is 166 Å². The summed E-state index contributed by atoms with van der Waals surface area (Å²) in [4.78, 5) is 19.2. The topological polar surface area (TPSA) is 56.0 Å². The highest BCUT2D eigenvalue weighted by molar-refractivity contribution is 5.80. The van der Waals surface area contributed by atoms with Gasteiger partial charge in [-0.3, -0.25) is 4.79 Å². The molecule has 148 valence electrons. The lowest BCUT2D eigenvalue weighted by Gasteiger charge is -2.24. The van der Waals surface area contributed by atoms with Crippen LogP contribution in [0.25, 0.3) is 5.69 Å². The SMILES string of the molecule is Cc1cc(C)n(-c2cccc(CN(C)C(=O)[C@@H](C)n3ccnc3C(C)C)c2)n1. The first-order valence-corrected chi connectivity index (χ1v) is 9.68. The van der Waals surface area contributed by atoms with Gasteiger partial charge in [0.2, 0.25) is 5.91 Å². The maximum Gasteiger partial charge on any atom is 0.245 e. The highest BCUT2D eigenvalue weighted by atomic mass is 16.2. The maximum atomic E-state index is 13.0. The standard InChI is InChI=1S/C22H29N5O/c1-15(2)21-23-10-11-26(21)18(5)22(28)25(6)14-19-8-7-9-20(13-19)27-17(4)12-16(3)24-27/h7-13,15,18H,14H2,1-6H3/t18-/m1/s1. The monoisotopic (exact) mass is 379 g/mol. The summed E-state index contributed by atoms with van der Waals surface area (Å²) in [5.41, 5.74) is 4.16. The zero-order valence-electron chi connectivity index (χ0n) is 17.5. The van der Waals surface area contributed by atoms with Gasteiger partial charge in [0.1, 0.15) is 11.9 Å². The number of hydrogen-bond donors (Lipinski definition) is 0. The Morgan fingerprint density at radius 3 is 2.57 bits per heavy atom. The number of nitrogens with zero attached hydrogens (tertiary/aromatic N) is 5. The zero-order valence-corrected chi connectivity index (χ0v) is 17.5. The van der Waals surface area contributed by atoms with Crippen molar-refractivity contribution in [1.29, 1.82) is 0 Å². The summed E-state index contributed by atoms with van der Waals surface area (Å²) in [5, 5.41) is 4.55.